The van der Waals surface area contributed by atoms with Crippen molar-refractivity contribution in [3.05, 3.63) is 0 Å². The molecule has 0 radical (unpaired) electrons. The molecule has 90 valence electrons. The van der Waals surface area contributed by atoms with Crippen molar-refractivity contribution in [3.8, 4) is 0 Å². The van der Waals surface area contributed by atoms with E-state index in [2.05, 4.69) is 17.1 Å². The molecule has 3 atom stereocenters. The summed E-state index contributed by atoms with van der Waals surface area (Å²) in [7, 11) is 0. The third kappa shape index (κ3) is 1.56. The Morgan fingerprint density at radius 1 is 1.25 bits per heavy atom. The molecule has 0 aromatic carbocycles. The Hall–Kier alpha value is -0.570. The molecule has 0 aromatic rings. The van der Waals surface area contributed by atoms with E-state index in [9.17, 15) is 4.79 Å². The molecular formula is C13H22N2O. The summed E-state index contributed by atoms with van der Waals surface area (Å²) in [5.41, 5.74) is 0. The van der Waals surface area contributed by atoms with Gasteiger partial charge in [0.05, 0.1) is 5.92 Å². The first-order valence-electron chi connectivity index (χ1n) is 6.80. The number of fused-ring (bicyclic) bond motifs is 1. The van der Waals surface area contributed by atoms with Crippen LogP contribution in [0.5, 0.6) is 0 Å². The van der Waals surface area contributed by atoms with Crippen molar-refractivity contribution in [1.82, 2.24) is 10.2 Å². The Bertz CT molecular complexity index is 288. The van der Waals surface area contributed by atoms with Gasteiger partial charge in [-0.2, -0.15) is 0 Å². The quantitative estimate of drug-likeness (QED) is 0.727. The van der Waals surface area contributed by atoms with Gasteiger partial charge < -0.3 is 10.2 Å². The maximum Gasteiger partial charge on any atom is 0.228 e. The number of carbonyl (C=O) groups excluding carboxylic acids is 1. The van der Waals surface area contributed by atoms with Crippen LogP contribution in [-0.2, 0) is 4.79 Å². The lowest BCUT2D eigenvalue weighted by Gasteiger charge is -2.38. The lowest BCUT2D eigenvalue weighted by atomic mass is 9.84. The molecule has 3 heteroatoms. The first kappa shape index (κ1) is 10.6. The summed E-state index contributed by atoms with van der Waals surface area (Å²) < 4.78 is 0. The Morgan fingerprint density at radius 2 is 2.00 bits per heavy atom. The number of amides is 1. The fourth-order valence-corrected chi connectivity index (χ4v) is 3.76. The first-order valence-corrected chi connectivity index (χ1v) is 6.80. The fourth-order valence-electron chi connectivity index (χ4n) is 3.76. The van der Waals surface area contributed by atoms with Crippen molar-refractivity contribution >= 4 is 5.91 Å². The Kier molecular flexibility index (Phi) is 2.66. The topological polar surface area (TPSA) is 32.3 Å². The highest BCUT2D eigenvalue weighted by molar-refractivity contribution is 5.81. The molecule has 1 N–H and O–H groups in total. The maximum atomic E-state index is 12.4. The van der Waals surface area contributed by atoms with E-state index in [-0.39, 0.29) is 5.92 Å². The van der Waals surface area contributed by atoms with Gasteiger partial charge in [-0.15, -0.1) is 0 Å². The number of rotatable bonds is 1. The maximum absolute atomic E-state index is 12.4. The third-order valence-electron chi connectivity index (χ3n) is 4.73. The summed E-state index contributed by atoms with van der Waals surface area (Å²) >= 11 is 0. The van der Waals surface area contributed by atoms with Gasteiger partial charge in [-0.25, -0.2) is 0 Å². The third-order valence-corrected chi connectivity index (χ3v) is 4.73. The van der Waals surface area contributed by atoms with Gasteiger partial charge in [-0.3, -0.25) is 4.79 Å². The van der Waals surface area contributed by atoms with E-state index in [1.165, 1.54) is 32.1 Å². The zero-order valence-electron chi connectivity index (χ0n) is 10.1. The minimum Gasteiger partial charge on any atom is -0.336 e. The Labute approximate surface area is 97.6 Å². The zero-order chi connectivity index (χ0) is 11.1. The van der Waals surface area contributed by atoms with Crippen LogP contribution in [0.2, 0.25) is 0 Å². The molecule has 3 fully saturated rings. The number of nitrogens with one attached hydrogen (secondary N) is 1. The zero-order valence-corrected chi connectivity index (χ0v) is 10.1. The van der Waals surface area contributed by atoms with Crippen LogP contribution in [0.25, 0.3) is 0 Å². The minimum absolute atomic E-state index is 0.281. The van der Waals surface area contributed by atoms with Gasteiger partial charge in [0.25, 0.3) is 0 Å². The molecule has 2 saturated heterocycles. The molecule has 0 aromatic heterocycles. The van der Waals surface area contributed by atoms with Crippen molar-refractivity contribution in [2.24, 2.45) is 11.8 Å². The average molecular weight is 222 g/mol. The van der Waals surface area contributed by atoms with Crippen LogP contribution in [0.15, 0.2) is 0 Å². The lowest BCUT2D eigenvalue weighted by molar-refractivity contribution is -0.140. The Morgan fingerprint density at radius 3 is 2.69 bits per heavy atom. The second-order valence-electron chi connectivity index (χ2n) is 5.80. The van der Waals surface area contributed by atoms with Crippen molar-refractivity contribution in [2.75, 3.05) is 13.1 Å². The van der Waals surface area contributed by atoms with Gasteiger partial charge in [0.1, 0.15) is 0 Å². The molecule has 0 spiro atoms. The van der Waals surface area contributed by atoms with E-state index < -0.39 is 0 Å². The molecule has 3 unspecified atom stereocenters. The van der Waals surface area contributed by atoms with E-state index in [4.69, 9.17) is 0 Å². The number of hydrogen-bond acceptors (Lipinski definition) is 2. The van der Waals surface area contributed by atoms with Gasteiger partial charge in [0.2, 0.25) is 5.91 Å². The number of nitrogens with zero attached hydrogens (tertiary/aromatic N) is 1. The number of hydrogen-bond donors (Lipinski definition) is 1. The van der Waals surface area contributed by atoms with Crippen LogP contribution in [-0.4, -0.2) is 36.0 Å². The van der Waals surface area contributed by atoms with Gasteiger partial charge in [0.15, 0.2) is 0 Å². The monoisotopic (exact) mass is 222 g/mol. The highest BCUT2D eigenvalue weighted by atomic mass is 16.2. The normalized spacial score (nSPS) is 39.3. The molecular weight excluding hydrogens is 200 g/mol. The molecule has 3 rings (SSSR count). The number of likely N-dealkylation sites (tertiary alicyclic amines) is 1. The van der Waals surface area contributed by atoms with Crippen LogP contribution >= 0.6 is 0 Å². The summed E-state index contributed by atoms with van der Waals surface area (Å²) in [5.74, 6) is 1.52. The molecule has 16 heavy (non-hydrogen) atoms. The standard InChI is InChI=1S/C13H22N2O/c1-9-6-10-4-2-3-5-12(10)15(9)13(16)11-7-14-8-11/h9-12,14H,2-8H2,1H3. The minimum atomic E-state index is 0.281. The molecule has 1 amide bonds. The lowest BCUT2D eigenvalue weighted by Crippen LogP contribution is -2.55. The second-order valence-corrected chi connectivity index (χ2v) is 5.80. The smallest absolute Gasteiger partial charge is 0.228 e. The first-order chi connectivity index (χ1) is 7.77. The molecule has 1 aliphatic carbocycles. The van der Waals surface area contributed by atoms with Crippen LogP contribution < -0.4 is 5.32 Å². The molecule has 3 aliphatic rings. The molecule has 0 bridgehead atoms. The molecule has 1 saturated carbocycles. The summed E-state index contributed by atoms with van der Waals surface area (Å²) in [4.78, 5) is 14.6. The predicted molar refractivity (Wildman–Crippen MR) is 63.0 cm³/mol. The van der Waals surface area contributed by atoms with Crippen LogP contribution in [0, 0.1) is 11.8 Å². The average Bonchev–Trinajstić information content (AvgIpc) is 2.50. The van der Waals surface area contributed by atoms with Crippen molar-refractivity contribution in [2.45, 2.75) is 51.1 Å². The molecule has 3 nitrogen and oxygen atoms in total. The predicted octanol–water partition coefficient (Wildman–Crippen LogP) is 1.39. The van der Waals surface area contributed by atoms with Crippen LogP contribution in [0.4, 0.5) is 0 Å². The highest BCUT2D eigenvalue weighted by Crippen LogP contribution is 2.40. The van der Waals surface area contributed by atoms with E-state index in [0.717, 1.165) is 19.0 Å². The summed E-state index contributed by atoms with van der Waals surface area (Å²) in [6, 6.07) is 1.07. The van der Waals surface area contributed by atoms with E-state index >= 15 is 0 Å². The van der Waals surface area contributed by atoms with Gasteiger partial charge in [-0.05, 0) is 32.1 Å². The van der Waals surface area contributed by atoms with Crippen molar-refractivity contribution in [3.63, 3.8) is 0 Å². The second kappa shape index (κ2) is 4.02. The van der Waals surface area contributed by atoms with Crippen LogP contribution in [0.1, 0.15) is 39.0 Å². The Balaban J connectivity index is 1.74. The summed E-state index contributed by atoms with van der Waals surface area (Å²) in [5, 5.41) is 3.20. The molecule has 2 heterocycles. The van der Waals surface area contributed by atoms with Crippen molar-refractivity contribution in [1.29, 1.82) is 0 Å². The van der Waals surface area contributed by atoms with E-state index in [1.807, 2.05) is 0 Å². The van der Waals surface area contributed by atoms with E-state index in [1.54, 1.807) is 0 Å². The van der Waals surface area contributed by atoms with Gasteiger partial charge in [-0.1, -0.05) is 12.8 Å². The largest absolute Gasteiger partial charge is 0.336 e. The van der Waals surface area contributed by atoms with Gasteiger partial charge in [0, 0.05) is 25.2 Å². The molecule has 2 aliphatic heterocycles. The highest BCUT2D eigenvalue weighted by Gasteiger charge is 2.44. The fraction of sp³-hybridized carbons (Fsp3) is 0.923. The van der Waals surface area contributed by atoms with E-state index in [0.29, 0.717) is 18.0 Å². The van der Waals surface area contributed by atoms with Gasteiger partial charge >= 0.3 is 0 Å². The SMILES string of the molecule is CC1CC2CCCCC2N1C(=O)C1CNC1. The summed E-state index contributed by atoms with van der Waals surface area (Å²) in [6.45, 7) is 4.04. The van der Waals surface area contributed by atoms with Crippen LogP contribution in [0.3, 0.4) is 0 Å². The number of carbonyl (C=O) groups is 1. The summed E-state index contributed by atoms with van der Waals surface area (Å²) in [6.07, 6.45) is 6.54. The van der Waals surface area contributed by atoms with Crippen molar-refractivity contribution < 1.29 is 4.79 Å².